The van der Waals surface area contributed by atoms with Crippen molar-refractivity contribution in [3.05, 3.63) is 0 Å². The summed E-state index contributed by atoms with van der Waals surface area (Å²) in [5, 5.41) is 18.3. The van der Waals surface area contributed by atoms with Gasteiger partial charge in [0.1, 0.15) is 6.54 Å². The van der Waals surface area contributed by atoms with Crippen LogP contribution in [0.1, 0.15) is 25.7 Å². The van der Waals surface area contributed by atoms with Crippen LogP contribution in [0, 0.1) is 5.92 Å². The Balaban J connectivity index is 1.90. The SMILES string of the molecule is O=C(O)CN(CC1CC1)C(=O)N1CCC(O)CC1. The van der Waals surface area contributed by atoms with E-state index in [2.05, 4.69) is 0 Å². The molecule has 1 saturated carbocycles. The Bertz CT molecular complexity index is 322. The minimum atomic E-state index is -0.971. The average molecular weight is 256 g/mol. The summed E-state index contributed by atoms with van der Waals surface area (Å²) in [7, 11) is 0. The number of likely N-dealkylation sites (tertiary alicyclic amines) is 1. The number of carboxylic acids is 1. The number of hydrogen-bond donors (Lipinski definition) is 2. The number of rotatable bonds is 4. The maximum Gasteiger partial charge on any atom is 0.323 e. The number of carbonyl (C=O) groups excluding carboxylic acids is 1. The number of aliphatic hydroxyl groups is 1. The molecule has 2 fully saturated rings. The minimum Gasteiger partial charge on any atom is -0.480 e. The number of piperidine rings is 1. The number of urea groups is 1. The molecular formula is C12H20N2O4. The summed E-state index contributed by atoms with van der Waals surface area (Å²) in [4.78, 5) is 26.1. The molecule has 0 atom stereocenters. The normalized spacial score (nSPS) is 20.8. The van der Waals surface area contributed by atoms with Gasteiger partial charge in [0, 0.05) is 19.6 Å². The lowest BCUT2D eigenvalue weighted by Gasteiger charge is -2.34. The quantitative estimate of drug-likeness (QED) is 0.761. The molecule has 1 saturated heterocycles. The van der Waals surface area contributed by atoms with Gasteiger partial charge in [-0.25, -0.2) is 4.79 Å². The molecule has 2 aliphatic rings. The molecule has 6 heteroatoms. The molecule has 2 N–H and O–H groups in total. The molecule has 1 aliphatic heterocycles. The van der Waals surface area contributed by atoms with E-state index in [0.717, 1.165) is 12.8 Å². The molecule has 0 aromatic heterocycles. The first-order valence-electron chi connectivity index (χ1n) is 6.50. The van der Waals surface area contributed by atoms with E-state index in [0.29, 0.717) is 38.4 Å². The third kappa shape index (κ3) is 3.60. The Hall–Kier alpha value is -1.30. The molecule has 0 bridgehead atoms. The first-order valence-corrected chi connectivity index (χ1v) is 6.50. The van der Waals surface area contributed by atoms with Crippen LogP contribution in [0.25, 0.3) is 0 Å². The van der Waals surface area contributed by atoms with Crippen molar-refractivity contribution in [2.75, 3.05) is 26.2 Å². The number of hydrogen-bond acceptors (Lipinski definition) is 3. The van der Waals surface area contributed by atoms with Crippen molar-refractivity contribution < 1.29 is 19.8 Å². The summed E-state index contributed by atoms with van der Waals surface area (Å²) in [5.74, 6) is -0.496. The largest absolute Gasteiger partial charge is 0.480 e. The molecule has 2 amide bonds. The van der Waals surface area contributed by atoms with Gasteiger partial charge in [-0.3, -0.25) is 4.79 Å². The Morgan fingerprint density at radius 1 is 1.17 bits per heavy atom. The van der Waals surface area contributed by atoms with Crippen molar-refractivity contribution in [1.29, 1.82) is 0 Å². The summed E-state index contributed by atoms with van der Waals surface area (Å²) in [6.45, 7) is 1.35. The highest BCUT2D eigenvalue weighted by Gasteiger charge is 2.31. The van der Waals surface area contributed by atoms with Crippen LogP contribution in [0.2, 0.25) is 0 Å². The Morgan fingerprint density at radius 2 is 1.78 bits per heavy atom. The number of carboxylic acid groups (broad SMARTS) is 1. The zero-order chi connectivity index (χ0) is 13.1. The van der Waals surface area contributed by atoms with Gasteiger partial charge >= 0.3 is 12.0 Å². The Labute approximate surface area is 106 Å². The molecule has 102 valence electrons. The van der Waals surface area contributed by atoms with Crippen molar-refractivity contribution >= 4 is 12.0 Å². The van der Waals surface area contributed by atoms with Crippen molar-refractivity contribution in [1.82, 2.24) is 9.80 Å². The molecule has 0 spiro atoms. The first-order chi connectivity index (χ1) is 8.56. The first kappa shape index (κ1) is 13.1. The maximum absolute atomic E-state index is 12.2. The van der Waals surface area contributed by atoms with Gasteiger partial charge in [0.25, 0.3) is 0 Å². The van der Waals surface area contributed by atoms with E-state index < -0.39 is 5.97 Å². The highest BCUT2D eigenvalue weighted by atomic mass is 16.4. The van der Waals surface area contributed by atoms with E-state index >= 15 is 0 Å². The maximum atomic E-state index is 12.2. The predicted octanol–water partition coefficient (Wildman–Crippen LogP) is 0.360. The zero-order valence-corrected chi connectivity index (χ0v) is 10.4. The minimum absolute atomic E-state index is 0.198. The van der Waals surface area contributed by atoms with Crippen LogP contribution in [-0.4, -0.2) is 64.3 Å². The fourth-order valence-electron chi connectivity index (χ4n) is 2.24. The van der Waals surface area contributed by atoms with Crippen molar-refractivity contribution in [2.45, 2.75) is 31.8 Å². The van der Waals surface area contributed by atoms with Crippen molar-refractivity contribution in [2.24, 2.45) is 5.92 Å². The second kappa shape index (κ2) is 5.56. The van der Waals surface area contributed by atoms with Crippen molar-refractivity contribution in [3.8, 4) is 0 Å². The van der Waals surface area contributed by atoms with E-state index in [9.17, 15) is 14.7 Å². The highest BCUT2D eigenvalue weighted by Crippen LogP contribution is 2.30. The highest BCUT2D eigenvalue weighted by molar-refractivity contribution is 5.80. The topological polar surface area (TPSA) is 81.1 Å². The van der Waals surface area contributed by atoms with Crippen LogP contribution in [0.15, 0.2) is 0 Å². The van der Waals surface area contributed by atoms with Gasteiger partial charge in [-0.2, -0.15) is 0 Å². The molecule has 18 heavy (non-hydrogen) atoms. The molecular weight excluding hydrogens is 236 g/mol. The van der Waals surface area contributed by atoms with E-state index in [1.165, 1.54) is 4.90 Å². The van der Waals surface area contributed by atoms with E-state index in [1.54, 1.807) is 4.90 Å². The molecule has 6 nitrogen and oxygen atoms in total. The van der Waals surface area contributed by atoms with Crippen LogP contribution in [0.4, 0.5) is 4.79 Å². The molecule has 1 aliphatic carbocycles. The lowest BCUT2D eigenvalue weighted by molar-refractivity contribution is -0.137. The van der Waals surface area contributed by atoms with Gasteiger partial charge in [0.2, 0.25) is 0 Å². The van der Waals surface area contributed by atoms with Crippen LogP contribution in [0.3, 0.4) is 0 Å². The number of aliphatic carboxylic acids is 1. The van der Waals surface area contributed by atoms with Crippen LogP contribution in [0.5, 0.6) is 0 Å². The van der Waals surface area contributed by atoms with Crippen LogP contribution >= 0.6 is 0 Å². The van der Waals surface area contributed by atoms with Gasteiger partial charge in [0.15, 0.2) is 0 Å². The summed E-state index contributed by atoms with van der Waals surface area (Å²) in [6, 6.07) is -0.198. The number of nitrogens with zero attached hydrogens (tertiary/aromatic N) is 2. The smallest absolute Gasteiger partial charge is 0.323 e. The van der Waals surface area contributed by atoms with Gasteiger partial charge < -0.3 is 20.0 Å². The fraction of sp³-hybridized carbons (Fsp3) is 0.833. The molecule has 0 aromatic carbocycles. The monoisotopic (exact) mass is 256 g/mol. The lowest BCUT2D eigenvalue weighted by Crippen LogP contribution is -2.49. The number of aliphatic hydroxyl groups excluding tert-OH is 1. The Morgan fingerprint density at radius 3 is 2.28 bits per heavy atom. The van der Waals surface area contributed by atoms with Gasteiger partial charge in [-0.05, 0) is 31.6 Å². The number of amides is 2. The van der Waals surface area contributed by atoms with Gasteiger partial charge in [-0.15, -0.1) is 0 Å². The molecule has 2 rings (SSSR count). The molecule has 1 heterocycles. The van der Waals surface area contributed by atoms with Gasteiger partial charge in [0.05, 0.1) is 6.10 Å². The summed E-state index contributed by atoms with van der Waals surface area (Å²) < 4.78 is 0. The third-order valence-corrected chi connectivity index (χ3v) is 3.51. The number of carbonyl (C=O) groups is 2. The predicted molar refractivity (Wildman–Crippen MR) is 64.1 cm³/mol. The molecule has 0 aromatic rings. The second-order valence-electron chi connectivity index (χ2n) is 5.22. The van der Waals surface area contributed by atoms with E-state index in [1.807, 2.05) is 0 Å². The average Bonchev–Trinajstić information content (AvgIpc) is 3.12. The standard InChI is InChI=1S/C12H20N2O4/c15-10-3-5-13(6-4-10)12(18)14(8-11(16)17)7-9-1-2-9/h9-10,15H,1-8H2,(H,16,17). The fourth-order valence-corrected chi connectivity index (χ4v) is 2.24. The third-order valence-electron chi connectivity index (χ3n) is 3.51. The summed E-state index contributed by atoms with van der Waals surface area (Å²) in [5.41, 5.74) is 0. The van der Waals surface area contributed by atoms with E-state index in [-0.39, 0.29) is 18.7 Å². The van der Waals surface area contributed by atoms with E-state index in [4.69, 9.17) is 5.11 Å². The molecule has 0 radical (unpaired) electrons. The van der Waals surface area contributed by atoms with Crippen LogP contribution in [-0.2, 0) is 4.79 Å². The van der Waals surface area contributed by atoms with Gasteiger partial charge in [-0.1, -0.05) is 0 Å². The summed E-state index contributed by atoms with van der Waals surface area (Å²) in [6.07, 6.45) is 3.00. The Kier molecular flexibility index (Phi) is 4.06. The van der Waals surface area contributed by atoms with Crippen molar-refractivity contribution in [3.63, 3.8) is 0 Å². The summed E-state index contributed by atoms with van der Waals surface area (Å²) >= 11 is 0. The lowest BCUT2D eigenvalue weighted by atomic mass is 10.1. The molecule has 0 unspecified atom stereocenters. The second-order valence-corrected chi connectivity index (χ2v) is 5.22. The van der Waals surface area contributed by atoms with Crippen LogP contribution < -0.4 is 0 Å². The zero-order valence-electron chi connectivity index (χ0n) is 10.4.